The summed E-state index contributed by atoms with van der Waals surface area (Å²) < 4.78 is 0. The maximum Gasteiger partial charge on any atom is 4.00 e. The number of halogens is 2. The van der Waals surface area contributed by atoms with Gasteiger partial charge in [0, 0.05) is 0 Å². The van der Waals surface area contributed by atoms with Crippen molar-refractivity contribution in [1.29, 1.82) is 0 Å². The SMILES string of the molecule is CC1=[C-]CC=C1.CC1=[C-]CC=C1.[Br-].[Br-].[Hf+4]. The molecule has 3 heteroatoms. The van der Waals surface area contributed by atoms with Crippen molar-refractivity contribution < 1.29 is 59.8 Å². The Morgan fingerprint density at radius 1 is 0.867 bits per heavy atom. The van der Waals surface area contributed by atoms with Crippen molar-refractivity contribution in [1.82, 2.24) is 0 Å². The average molecular weight is 497 g/mol. The summed E-state index contributed by atoms with van der Waals surface area (Å²) in [6, 6.07) is 0. The van der Waals surface area contributed by atoms with Crippen LogP contribution in [0.1, 0.15) is 26.7 Å². The zero-order valence-corrected chi connectivity index (χ0v) is 15.7. The third-order valence-electron chi connectivity index (χ3n) is 1.73. The van der Waals surface area contributed by atoms with Crippen LogP contribution in [-0.2, 0) is 25.8 Å². The van der Waals surface area contributed by atoms with Crippen LogP contribution < -0.4 is 34.0 Å². The van der Waals surface area contributed by atoms with Crippen molar-refractivity contribution in [3.63, 3.8) is 0 Å². The van der Waals surface area contributed by atoms with Crippen LogP contribution >= 0.6 is 0 Å². The van der Waals surface area contributed by atoms with E-state index in [1.807, 2.05) is 0 Å². The third-order valence-corrected chi connectivity index (χ3v) is 1.73. The third kappa shape index (κ3) is 11.1. The minimum atomic E-state index is 0. The second-order valence-electron chi connectivity index (χ2n) is 2.93. The Hall–Kier alpha value is 0.790. The minimum absolute atomic E-state index is 0. The molecule has 2 aliphatic carbocycles. The first-order chi connectivity index (χ1) is 5.79. The molecule has 0 unspecified atom stereocenters. The monoisotopic (exact) mass is 496 g/mol. The van der Waals surface area contributed by atoms with Gasteiger partial charge in [0.25, 0.3) is 0 Å². The minimum Gasteiger partial charge on any atom is -1.00 e. The van der Waals surface area contributed by atoms with Crippen LogP contribution in [0, 0.1) is 12.2 Å². The first-order valence-electron chi connectivity index (χ1n) is 4.27. The Kier molecular flexibility index (Phi) is 18.1. The number of rotatable bonds is 0. The molecule has 0 heterocycles. The van der Waals surface area contributed by atoms with Gasteiger partial charge in [0.2, 0.25) is 0 Å². The van der Waals surface area contributed by atoms with E-state index < -0.39 is 0 Å². The van der Waals surface area contributed by atoms with Gasteiger partial charge in [-0.25, -0.2) is 23.3 Å². The molecule has 0 atom stereocenters. The summed E-state index contributed by atoms with van der Waals surface area (Å²) in [5.74, 6) is 0. The van der Waals surface area contributed by atoms with E-state index >= 15 is 0 Å². The molecule has 2 aliphatic rings. The van der Waals surface area contributed by atoms with E-state index in [0.717, 1.165) is 12.8 Å². The summed E-state index contributed by atoms with van der Waals surface area (Å²) in [7, 11) is 0. The molecule has 0 radical (unpaired) electrons. The van der Waals surface area contributed by atoms with Crippen LogP contribution in [0.25, 0.3) is 0 Å². The fourth-order valence-electron chi connectivity index (χ4n) is 1.03. The summed E-state index contributed by atoms with van der Waals surface area (Å²) in [4.78, 5) is 0. The van der Waals surface area contributed by atoms with Crippen molar-refractivity contribution in [2.45, 2.75) is 26.7 Å². The molecular weight excluding hydrogens is 482 g/mol. The van der Waals surface area contributed by atoms with Gasteiger partial charge in [0.1, 0.15) is 0 Å². The molecule has 0 bridgehead atoms. The molecule has 0 aromatic carbocycles. The summed E-state index contributed by atoms with van der Waals surface area (Å²) in [5, 5.41) is 0. The van der Waals surface area contributed by atoms with Gasteiger partial charge in [-0.2, -0.15) is 12.2 Å². The van der Waals surface area contributed by atoms with Gasteiger partial charge in [-0.3, -0.25) is 12.2 Å². The largest absolute Gasteiger partial charge is 4.00 e. The van der Waals surface area contributed by atoms with Crippen LogP contribution in [-0.4, -0.2) is 0 Å². The molecule has 80 valence electrons. The first kappa shape index (κ1) is 21.1. The van der Waals surface area contributed by atoms with Gasteiger partial charge < -0.3 is 34.0 Å². The van der Waals surface area contributed by atoms with Crippen molar-refractivity contribution >= 4 is 0 Å². The van der Waals surface area contributed by atoms with E-state index in [2.05, 4.69) is 50.3 Å². The molecule has 0 fully saturated rings. The fourth-order valence-corrected chi connectivity index (χ4v) is 1.03. The quantitative estimate of drug-likeness (QED) is 0.255. The van der Waals surface area contributed by atoms with Crippen molar-refractivity contribution in [3.8, 4) is 0 Å². The van der Waals surface area contributed by atoms with E-state index in [-0.39, 0.29) is 59.8 Å². The molecule has 0 N–H and O–H groups in total. The molecule has 0 amide bonds. The molecule has 0 saturated carbocycles. The summed E-state index contributed by atoms with van der Waals surface area (Å²) in [6.07, 6.45) is 16.7. The molecule has 0 aliphatic heterocycles. The summed E-state index contributed by atoms with van der Waals surface area (Å²) in [5.41, 5.74) is 2.55. The van der Waals surface area contributed by atoms with Gasteiger partial charge in [0.15, 0.2) is 0 Å². The second kappa shape index (κ2) is 12.9. The van der Waals surface area contributed by atoms with Crippen LogP contribution in [0.2, 0.25) is 0 Å². The second-order valence-corrected chi connectivity index (χ2v) is 2.93. The van der Waals surface area contributed by atoms with Gasteiger partial charge in [-0.15, -0.1) is 12.8 Å². The van der Waals surface area contributed by atoms with E-state index in [1.165, 1.54) is 11.1 Å². The molecule has 2 rings (SSSR count). The predicted octanol–water partition coefficient (Wildman–Crippen LogP) is -2.60. The van der Waals surface area contributed by atoms with Gasteiger partial charge in [0.05, 0.1) is 0 Å². The van der Waals surface area contributed by atoms with Gasteiger partial charge >= 0.3 is 25.8 Å². The van der Waals surface area contributed by atoms with Crippen LogP contribution in [0.4, 0.5) is 0 Å². The number of allylic oxidation sites excluding steroid dienone is 8. The normalized spacial score (nSPS) is 14.8. The number of hydrogen-bond donors (Lipinski definition) is 0. The average Bonchev–Trinajstić information content (AvgIpc) is 2.63. The molecule has 0 aromatic rings. The van der Waals surface area contributed by atoms with Crippen LogP contribution in [0.3, 0.4) is 0 Å². The smallest absolute Gasteiger partial charge is 1.00 e. The van der Waals surface area contributed by atoms with Crippen LogP contribution in [0.15, 0.2) is 35.5 Å². The van der Waals surface area contributed by atoms with Gasteiger partial charge in [-0.1, -0.05) is 13.8 Å². The molecule has 0 saturated heterocycles. The van der Waals surface area contributed by atoms with Crippen molar-refractivity contribution in [3.05, 3.63) is 47.6 Å². The van der Waals surface area contributed by atoms with E-state index in [0.29, 0.717) is 0 Å². The summed E-state index contributed by atoms with van der Waals surface area (Å²) >= 11 is 0. The van der Waals surface area contributed by atoms with E-state index in [1.54, 1.807) is 0 Å². The summed E-state index contributed by atoms with van der Waals surface area (Å²) in [6.45, 7) is 4.12. The predicted molar refractivity (Wildman–Crippen MR) is 52.4 cm³/mol. The van der Waals surface area contributed by atoms with Gasteiger partial charge in [-0.05, 0) is 0 Å². The molecule has 0 nitrogen and oxygen atoms in total. The molecule has 0 aromatic heterocycles. The molecular formula is C12H14Br2Hf. The Balaban J connectivity index is -0.000000160. The topological polar surface area (TPSA) is 0 Å². The maximum atomic E-state index is 3.12. The Labute approximate surface area is 133 Å². The fraction of sp³-hybridized carbons (Fsp3) is 0.333. The first-order valence-corrected chi connectivity index (χ1v) is 4.27. The van der Waals surface area contributed by atoms with Crippen LogP contribution in [0.5, 0.6) is 0 Å². The zero-order chi connectivity index (χ0) is 8.81. The van der Waals surface area contributed by atoms with Crippen molar-refractivity contribution in [2.75, 3.05) is 0 Å². The van der Waals surface area contributed by atoms with Crippen molar-refractivity contribution in [2.24, 2.45) is 0 Å². The molecule has 15 heavy (non-hydrogen) atoms. The molecule has 0 spiro atoms. The van der Waals surface area contributed by atoms with E-state index in [4.69, 9.17) is 0 Å². The van der Waals surface area contributed by atoms with E-state index in [9.17, 15) is 0 Å². The maximum absolute atomic E-state index is 3.12. The zero-order valence-electron chi connectivity index (χ0n) is 8.98. The number of hydrogen-bond acceptors (Lipinski definition) is 0. The standard InChI is InChI=1S/2C6H7.2BrH.Hf/c2*1-6-4-2-3-5-6;;;/h2*2,4H,3H2,1H3;2*1H;/q2*-1;;;+4/p-2. The Bertz CT molecular complexity index is 229. The Morgan fingerprint density at radius 3 is 1.27 bits per heavy atom. The Morgan fingerprint density at radius 2 is 1.20 bits per heavy atom.